The van der Waals surface area contributed by atoms with E-state index in [-0.39, 0.29) is 41.6 Å². The third kappa shape index (κ3) is 4.42. The highest BCUT2D eigenvalue weighted by Gasteiger charge is 2.76. The zero-order chi connectivity index (χ0) is 32.7. The van der Waals surface area contributed by atoms with E-state index in [1.807, 2.05) is 40.8 Å². The number of nitrogens with zero attached hydrogens (tertiary/aromatic N) is 3. The molecule has 46 heavy (non-hydrogen) atoms. The summed E-state index contributed by atoms with van der Waals surface area (Å²) in [6.45, 7) is 2.78. The van der Waals surface area contributed by atoms with Crippen molar-refractivity contribution in [2.24, 2.45) is 17.8 Å². The minimum atomic E-state index is -1.94. The standard InChI is InChI=1S/C32H29BrCl2IN3O7/c1-45-23-13-16(12-22(36)26(23)40)25-19-6-7-20-24(21(19)14-31(34)29(43)38(15-33)30(44)32(25,31)35)28(42)39(27(20)41)18-4-2-17(3-5-18)37-8-10-46-11-9-37/h2-6,12-13,20-21,24-25,40H,7-11,14-15H2,1H3. The fraction of sp³-hybridized carbons (Fsp3) is 0.438. The second-order valence-electron chi connectivity index (χ2n) is 12.2. The Bertz CT molecular complexity index is 1700. The molecule has 6 unspecified atom stereocenters. The zero-order valence-corrected chi connectivity index (χ0v) is 29.8. The van der Waals surface area contributed by atoms with Gasteiger partial charge in [0.2, 0.25) is 11.8 Å². The number of halogens is 4. The highest BCUT2D eigenvalue weighted by Crippen LogP contribution is 2.66. The molecule has 3 heterocycles. The van der Waals surface area contributed by atoms with Crippen LogP contribution in [0.25, 0.3) is 0 Å². The molecule has 4 fully saturated rings. The van der Waals surface area contributed by atoms with Crippen molar-refractivity contribution in [3.8, 4) is 11.5 Å². The summed E-state index contributed by atoms with van der Waals surface area (Å²) in [7, 11) is 1.41. The van der Waals surface area contributed by atoms with E-state index in [1.54, 1.807) is 24.3 Å². The Hall–Kier alpha value is -2.39. The van der Waals surface area contributed by atoms with Gasteiger partial charge in [0.25, 0.3) is 11.8 Å². The van der Waals surface area contributed by atoms with Crippen molar-refractivity contribution in [2.75, 3.05) is 48.7 Å². The maximum atomic E-state index is 14.3. The number of alkyl halides is 3. The maximum Gasteiger partial charge on any atom is 0.254 e. The van der Waals surface area contributed by atoms with E-state index in [0.717, 1.165) is 23.7 Å². The number of likely N-dealkylation sites (tertiary alicyclic amines) is 1. The van der Waals surface area contributed by atoms with Gasteiger partial charge in [0.1, 0.15) is 0 Å². The second kappa shape index (κ2) is 11.6. The number of anilines is 2. The van der Waals surface area contributed by atoms with Crippen LogP contribution < -0.4 is 14.5 Å². The van der Waals surface area contributed by atoms with Gasteiger partial charge in [-0.25, -0.2) is 0 Å². The average molecular weight is 845 g/mol. The minimum absolute atomic E-state index is 0.0830. The van der Waals surface area contributed by atoms with Crippen LogP contribution in [0.5, 0.6) is 11.5 Å². The molecule has 0 spiro atoms. The number of ether oxygens (including phenoxy) is 2. The summed E-state index contributed by atoms with van der Waals surface area (Å²) in [5, 5.41) is 10.6. The third-order valence-electron chi connectivity index (χ3n) is 10.1. The summed E-state index contributed by atoms with van der Waals surface area (Å²) >= 11 is 19.8. The van der Waals surface area contributed by atoms with Gasteiger partial charge >= 0.3 is 0 Å². The van der Waals surface area contributed by atoms with Crippen LogP contribution in [-0.2, 0) is 23.9 Å². The average Bonchev–Trinajstić information content (AvgIpc) is 3.40. The summed E-state index contributed by atoms with van der Waals surface area (Å²) in [4.78, 5) is 56.7. The second-order valence-corrected chi connectivity index (χ2v) is 15.1. The third-order valence-corrected chi connectivity index (χ3v) is 12.8. The van der Waals surface area contributed by atoms with E-state index in [1.165, 1.54) is 12.0 Å². The molecule has 1 saturated carbocycles. The van der Waals surface area contributed by atoms with E-state index in [2.05, 4.69) is 20.8 Å². The number of carbonyl (C=O) groups is 4. The Balaban J connectivity index is 1.31. The first-order valence-electron chi connectivity index (χ1n) is 14.8. The fourth-order valence-corrected chi connectivity index (χ4v) is 9.98. The highest BCUT2D eigenvalue weighted by atomic mass is 127. The molecule has 3 aliphatic heterocycles. The largest absolute Gasteiger partial charge is 0.504 e. The van der Waals surface area contributed by atoms with Crippen LogP contribution in [0.2, 0.25) is 0 Å². The lowest BCUT2D eigenvalue weighted by molar-refractivity contribution is -0.138. The molecule has 0 bridgehead atoms. The molecule has 4 amide bonds. The number of imide groups is 2. The first kappa shape index (κ1) is 32.2. The van der Waals surface area contributed by atoms with Gasteiger partial charge in [0, 0.05) is 24.7 Å². The van der Waals surface area contributed by atoms with Gasteiger partial charge in [0.15, 0.2) is 21.2 Å². The molecular weight excluding hydrogens is 816 g/mol. The smallest absolute Gasteiger partial charge is 0.254 e. The monoisotopic (exact) mass is 843 g/mol. The van der Waals surface area contributed by atoms with Crippen LogP contribution in [0.3, 0.4) is 0 Å². The summed E-state index contributed by atoms with van der Waals surface area (Å²) in [6.07, 6.45) is 2.03. The van der Waals surface area contributed by atoms with E-state index in [9.17, 15) is 24.3 Å². The Labute approximate surface area is 297 Å². The van der Waals surface area contributed by atoms with Gasteiger partial charge in [-0.3, -0.25) is 29.0 Å². The molecule has 242 valence electrons. The molecule has 10 nitrogen and oxygen atoms in total. The Morgan fingerprint density at radius 2 is 1.70 bits per heavy atom. The van der Waals surface area contributed by atoms with Crippen LogP contribution in [0.4, 0.5) is 11.4 Å². The molecule has 0 aromatic heterocycles. The number of phenols is 1. The topological polar surface area (TPSA) is 117 Å². The molecule has 5 aliphatic rings. The quantitative estimate of drug-likeness (QED) is 0.151. The Kier molecular flexibility index (Phi) is 8.14. The fourth-order valence-electron chi connectivity index (χ4n) is 7.93. The SMILES string of the molecule is COc1cc(C2C3=CCC4C(=O)N(c5ccc(N6CCOCC6)cc5)C(=O)C4C3CC3(Cl)C(=O)N(CBr)C(=O)C23Cl)cc(I)c1O. The van der Waals surface area contributed by atoms with Crippen LogP contribution in [0.15, 0.2) is 48.0 Å². The number of amides is 4. The maximum absolute atomic E-state index is 14.3. The normalized spacial score (nSPS) is 32.4. The Morgan fingerprint density at radius 3 is 2.35 bits per heavy atom. The molecule has 6 atom stereocenters. The van der Waals surface area contributed by atoms with Crippen LogP contribution >= 0.6 is 61.7 Å². The molecule has 14 heteroatoms. The van der Waals surface area contributed by atoms with Crippen molar-refractivity contribution in [1.82, 2.24) is 4.90 Å². The van der Waals surface area contributed by atoms with Crippen molar-refractivity contribution < 1.29 is 33.8 Å². The molecule has 2 aromatic rings. The summed E-state index contributed by atoms with van der Waals surface area (Å²) in [5.74, 6) is -5.04. The Morgan fingerprint density at radius 1 is 1.02 bits per heavy atom. The number of aromatic hydroxyl groups is 1. The van der Waals surface area contributed by atoms with Crippen LogP contribution in [-0.4, -0.2) is 82.3 Å². The van der Waals surface area contributed by atoms with E-state index in [4.69, 9.17) is 32.7 Å². The van der Waals surface area contributed by atoms with Gasteiger partial charge in [-0.15, -0.1) is 23.2 Å². The van der Waals surface area contributed by atoms with E-state index < -0.39 is 45.2 Å². The lowest BCUT2D eigenvalue weighted by Crippen LogP contribution is -2.60. The molecule has 1 N–H and O–H groups in total. The van der Waals surface area contributed by atoms with Crippen LogP contribution in [0, 0.1) is 21.3 Å². The zero-order valence-electron chi connectivity index (χ0n) is 24.6. The van der Waals surface area contributed by atoms with Crippen LogP contribution in [0.1, 0.15) is 24.3 Å². The molecular formula is C32H29BrCl2IN3O7. The van der Waals surface area contributed by atoms with Crippen molar-refractivity contribution in [3.05, 3.63) is 57.2 Å². The number of hydrogen-bond acceptors (Lipinski definition) is 8. The number of benzene rings is 2. The lowest BCUT2D eigenvalue weighted by atomic mass is 9.56. The van der Waals surface area contributed by atoms with Crippen molar-refractivity contribution >= 4 is 96.7 Å². The number of carbonyl (C=O) groups excluding carboxylic acids is 4. The lowest BCUT2D eigenvalue weighted by Gasteiger charge is -2.50. The molecule has 7 rings (SSSR count). The van der Waals surface area contributed by atoms with Gasteiger partial charge in [0.05, 0.1) is 46.9 Å². The first-order chi connectivity index (χ1) is 22.0. The van der Waals surface area contributed by atoms with Gasteiger partial charge in [-0.2, -0.15) is 0 Å². The van der Waals surface area contributed by atoms with Crippen molar-refractivity contribution in [2.45, 2.75) is 28.5 Å². The summed E-state index contributed by atoms with van der Waals surface area (Å²) < 4.78 is 11.3. The van der Waals surface area contributed by atoms with E-state index in [0.29, 0.717) is 33.6 Å². The number of rotatable bonds is 5. The highest BCUT2D eigenvalue weighted by molar-refractivity contribution is 14.1. The molecule has 0 radical (unpaired) electrons. The predicted octanol–water partition coefficient (Wildman–Crippen LogP) is 4.76. The van der Waals surface area contributed by atoms with Crippen molar-refractivity contribution in [1.29, 1.82) is 0 Å². The minimum Gasteiger partial charge on any atom is -0.504 e. The molecule has 3 saturated heterocycles. The first-order valence-corrected chi connectivity index (χ1v) is 17.8. The predicted molar refractivity (Wildman–Crippen MR) is 183 cm³/mol. The molecule has 2 aliphatic carbocycles. The van der Waals surface area contributed by atoms with E-state index >= 15 is 0 Å². The summed E-state index contributed by atoms with van der Waals surface area (Å²) in [5.41, 5.74) is 2.50. The number of hydrogen-bond donors (Lipinski definition) is 1. The number of methoxy groups -OCH3 is 1. The number of phenolic OH excluding ortho intramolecular Hbond substituents is 1. The summed E-state index contributed by atoms with van der Waals surface area (Å²) in [6, 6.07) is 10.6. The van der Waals surface area contributed by atoms with Gasteiger partial charge < -0.3 is 19.5 Å². The van der Waals surface area contributed by atoms with Gasteiger partial charge in [-0.1, -0.05) is 27.6 Å². The van der Waals surface area contributed by atoms with Gasteiger partial charge in [-0.05, 0) is 83.3 Å². The number of morpholine rings is 1. The molecule has 2 aromatic carbocycles. The number of allylic oxidation sites excluding steroid dienone is 2. The number of fused-ring (bicyclic) bond motifs is 4. The van der Waals surface area contributed by atoms with Crippen molar-refractivity contribution in [3.63, 3.8) is 0 Å².